The van der Waals surface area contributed by atoms with Crippen LogP contribution < -0.4 is 5.32 Å². The number of hydrogen-bond donors (Lipinski definition) is 1. The molecule has 1 nitrogen and oxygen atoms in total. The fourth-order valence-electron chi connectivity index (χ4n) is 2.15. The van der Waals surface area contributed by atoms with Crippen molar-refractivity contribution in [3.63, 3.8) is 0 Å². The maximum Gasteiger partial charge on any atom is 0.142 e. The van der Waals surface area contributed by atoms with Crippen molar-refractivity contribution in [2.75, 3.05) is 6.54 Å². The number of benzene rings is 1. The van der Waals surface area contributed by atoms with E-state index in [2.05, 4.69) is 26.1 Å². The van der Waals surface area contributed by atoms with Crippen LogP contribution >= 0.6 is 11.6 Å². The molecule has 1 aromatic carbocycles. The Hall–Kier alpha value is -0.600. The standard InChI is InChI=1S/C15H23ClFN/c1-4-18-15(11(2)3)7-5-6-12-8-9-13(16)14(17)10-12/h8-11,15,18H,4-7H2,1-3H3. The van der Waals surface area contributed by atoms with Gasteiger partial charge in [0.1, 0.15) is 5.82 Å². The summed E-state index contributed by atoms with van der Waals surface area (Å²) in [5.74, 6) is 0.313. The van der Waals surface area contributed by atoms with Gasteiger partial charge in [0.15, 0.2) is 0 Å². The minimum absolute atomic E-state index is 0.200. The van der Waals surface area contributed by atoms with Crippen LogP contribution in [0, 0.1) is 11.7 Å². The Labute approximate surface area is 115 Å². The van der Waals surface area contributed by atoms with Crippen molar-refractivity contribution in [3.05, 3.63) is 34.6 Å². The van der Waals surface area contributed by atoms with E-state index in [0.29, 0.717) is 12.0 Å². The summed E-state index contributed by atoms with van der Waals surface area (Å²) in [6.45, 7) is 7.59. The number of hydrogen-bond acceptors (Lipinski definition) is 1. The Bertz CT molecular complexity index is 366. The fourth-order valence-corrected chi connectivity index (χ4v) is 2.27. The number of rotatable bonds is 7. The SMILES string of the molecule is CCNC(CCCc1ccc(Cl)c(F)c1)C(C)C. The molecule has 0 saturated carbocycles. The average Bonchev–Trinajstić information content (AvgIpc) is 2.32. The highest BCUT2D eigenvalue weighted by molar-refractivity contribution is 6.30. The first kappa shape index (κ1) is 15.5. The van der Waals surface area contributed by atoms with Gasteiger partial charge in [-0.05, 0) is 49.4 Å². The lowest BCUT2D eigenvalue weighted by Gasteiger charge is -2.21. The van der Waals surface area contributed by atoms with Crippen molar-refractivity contribution in [1.29, 1.82) is 0 Å². The summed E-state index contributed by atoms with van der Waals surface area (Å²) in [6, 6.07) is 5.63. The van der Waals surface area contributed by atoms with Crippen LogP contribution in [0.1, 0.15) is 39.2 Å². The third-order valence-electron chi connectivity index (χ3n) is 3.24. The molecule has 0 heterocycles. The van der Waals surface area contributed by atoms with Crippen molar-refractivity contribution >= 4 is 11.6 Å². The van der Waals surface area contributed by atoms with Gasteiger partial charge in [-0.25, -0.2) is 4.39 Å². The monoisotopic (exact) mass is 271 g/mol. The highest BCUT2D eigenvalue weighted by atomic mass is 35.5. The summed E-state index contributed by atoms with van der Waals surface area (Å²) < 4.78 is 13.3. The Morgan fingerprint density at radius 2 is 2.06 bits per heavy atom. The van der Waals surface area contributed by atoms with Gasteiger partial charge in [-0.15, -0.1) is 0 Å². The lowest BCUT2D eigenvalue weighted by Crippen LogP contribution is -2.33. The Balaban J connectivity index is 2.42. The van der Waals surface area contributed by atoms with Gasteiger partial charge < -0.3 is 5.32 Å². The number of aryl methyl sites for hydroxylation is 1. The molecular formula is C15H23ClFN. The van der Waals surface area contributed by atoms with E-state index in [4.69, 9.17) is 11.6 Å². The molecule has 102 valence electrons. The van der Waals surface area contributed by atoms with Crippen LogP contribution in [0.2, 0.25) is 5.02 Å². The van der Waals surface area contributed by atoms with E-state index >= 15 is 0 Å². The predicted molar refractivity (Wildman–Crippen MR) is 76.7 cm³/mol. The van der Waals surface area contributed by atoms with Gasteiger partial charge in [-0.2, -0.15) is 0 Å². The van der Waals surface area contributed by atoms with Crippen molar-refractivity contribution < 1.29 is 4.39 Å². The second kappa shape index (κ2) is 7.75. The molecule has 0 spiro atoms. The quantitative estimate of drug-likeness (QED) is 0.773. The van der Waals surface area contributed by atoms with Gasteiger partial charge in [0.2, 0.25) is 0 Å². The van der Waals surface area contributed by atoms with Crippen molar-refractivity contribution in [2.45, 2.75) is 46.1 Å². The lowest BCUT2D eigenvalue weighted by molar-refractivity contribution is 0.377. The summed E-state index contributed by atoms with van der Waals surface area (Å²) >= 11 is 5.66. The van der Waals surface area contributed by atoms with Crippen LogP contribution in [0.3, 0.4) is 0 Å². The average molecular weight is 272 g/mol. The molecule has 1 aromatic rings. The van der Waals surface area contributed by atoms with Crippen molar-refractivity contribution in [2.24, 2.45) is 5.92 Å². The van der Waals surface area contributed by atoms with Crippen LogP contribution in [-0.2, 0) is 6.42 Å². The van der Waals surface area contributed by atoms with Gasteiger partial charge in [0.05, 0.1) is 5.02 Å². The molecule has 18 heavy (non-hydrogen) atoms. The molecule has 0 aliphatic carbocycles. The molecule has 0 aromatic heterocycles. The fraction of sp³-hybridized carbons (Fsp3) is 0.600. The minimum atomic E-state index is -0.318. The lowest BCUT2D eigenvalue weighted by atomic mass is 9.97. The number of nitrogens with one attached hydrogen (secondary N) is 1. The zero-order chi connectivity index (χ0) is 13.5. The van der Waals surface area contributed by atoms with Crippen LogP contribution in [0.25, 0.3) is 0 Å². The second-order valence-electron chi connectivity index (χ2n) is 5.05. The third-order valence-corrected chi connectivity index (χ3v) is 3.54. The summed E-state index contributed by atoms with van der Waals surface area (Å²) in [4.78, 5) is 0. The van der Waals surface area contributed by atoms with Gasteiger partial charge in [0, 0.05) is 6.04 Å². The van der Waals surface area contributed by atoms with E-state index in [1.807, 2.05) is 6.07 Å². The topological polar surface area (TPSA) is 12.0 Å². The largest absolute Gasteiger partial charge is 0.314 e. The zero-order valence-corrected chi connectivity index (χ0v) is 12.2. The molecule has 0 fully saturated rings. The van der Waals surface area contributed by atoms with E-state index in [-0.39, 0.29) is 10.8 Å². The third kappa shape index (κ3) is 4.95. The summed E-state index contributed by atoms with van der Waals surface area (Å²) in [6.07, 6.45) is 3.09. The molecule has 0 amide bonds. The Morgan fingerprint density at radius 1 is 1.33 bits per heavy atom. The first-order valence-electron chi connectivity index (χ1n) is 6.72. The molecule has 0 radical (unpaired) electrons. The highest BCUT2D eigenvalue weighted by Crippen LogP contribution is 2.18. The van der Waals surface area contributed by atoms with Gasteiger partial charge >= 0.3 is 0 Å². The van der Waals surface area contributed by atoms with Gasteiger partial charge in [-0.3, -0.25) is 0 Å². The van der Waals surface area contributed by atoms with Crippen molar-refractivity contribution in [1.82, 2.24) is 5.32 Å². The van der Waals surface area contributed by atoms with E-state index in [9.17, 15) is 4.39 Å². The van der Waals surface area contributed by atoms with E-state index < -0.39 is 0 Å². The van der Waals surface area contributed by atoms with Gasteiger partial charge in [0.25, 0.3) is 0 Å². The maximum absolute atomic E-state index is 13.3. The molecule has 0 saturated heterocycles. The predicted octanol–water partition coefficient (Wildman–Crippen LogP) is 4.44. The molecular weight excluding hydrogens is 249 g/mol. The molecule has 3 heteroatoms. The normalized spacial score (nSPS) is 13.0. The summed E-state index contributed by atoms with van der Waals surface area (Å²) in [5.41, 5.74) is 1.02. The zero-order valence-electron chi connectivity index (χ0n) is 11.5. The van der Waals surface area contributed by atoms with Crippen LogP contribution in [0.4, 0.5) is 4.39 Å². The molecule has 1 atom stereocenters. The molecule has 0 aliphatic heterocycles. The molecule has 0 aliphatic rings. The molecule has 0 bridgehead atoms. The molecule has 1 rings (SSSR count). The Morgan fingerprint density at radius 3 is 2.61 bits per heavy atom. The summed E-state index contributed by atoms with van der Waals surface area (Å²) in [7, 11) is 0. The molecule has 1 N–H and O–H groups in total. The summed E-state index contributed by atoms with van der Waals surface area (Å²) in [5, 5.41) is 3.69. The Kier molecular flexibility index (Phi) is 6.66. The first-order valence-corrected chi connectivity index (χ1v) is 7.09. The first-order chi connectivity index (χ1) is 8.54. The van der Waals surface area contributed by atoms with E-state index in [0.717, 1.165) is 31.4 Å². The van der Waals surface area contributed by atoms with Crippen LogP contribution in [0.15, 0.2) is 18.2 Å². The highest BCUT2D eigenvalue weighted by Gasteiger charge is 2.11. The van der Waals surface area contributed by atoms with Gasteiger partial charge in [-0.1, -0.05) is 38.4 Å². The maximum atomic E-state index is 13.3. The van der Waals surface area contributed by atoms with Crippen molar-refractivity contribution in [3.8, 4) is 0 Å². The second-order valence-corrected chi connectivity index (χ2v) is 5.46. The van der Waals surface area contributed by atoms with Crippen LogP contribution in [0.5, 0.6) is 0 Å². The van der Waals surface area contributed by atoms with E-state index in [1.54, 1.807) is 12.1 Å². The minimum Gasteiger partial charge on any atom is -0.314 e. The van der Waals surface area contributed by atoms with E-state index in [1.165, 1.54) is 0 Å². The number of halogens is 2. The smallest absolute Gasteiger partial charge is 0.142 e. The molecule has 1 unspecified atom stereocenters. The van der Waals surface area contributed by atoms with Crippen LogP contribution in [-0.4, -0.2) is 12.6 Å².